The average Bonchev–Trinajstić information content (AvgIpc) is 2.91. The van der Waals surface area contributed by atoms with Crippen molar-refractivity contribution in [3.05, 3.63) is 52.8 Å². The second-order valence-electron chi connectivity index (χ2n) is 5.77. The van der Waals surface area contributed by atoms with Gasteiger partial charge in [0.2, 0.25) is 0 Å². The molecule has 114 valence electrons. The van der Waals surface area contributed by atoms with Gasteiger partial charge in [0.05, 0.1) is 6.20 Å². The van der Waals surface area contributed by atoms with E-state index >= 15 is 0 Å². The van der Waals surface area contributed by atoms with Crippen LogP contribution in [-0.4, -0.2) is 15.0 Å². The summed E-state index contributed by atoms with van der Waals surface area (Å²) in [4.78, 5) is 0. The Morgan fingerprint density at radius 2 is 1.91 bits per heavy atom. The summed E-state index contributed by atoms with van der Waals surface area (Å²) < 4.78 is 8.76. The molecule has 0 amide bonds. The van der Waals surface area contributed by atoms with Crippen LogP contribution in [0.3, 0.4) is 0 Å². The Bertz CT molecular complexity index is 782. The summed E-state index contributed by atoms with van der Waals surface area (Å²) in [5, 5.41) is 10.6. The van der Waals surface area contributed by atoms with Gasteiger partial charge in [-0.25, -0.2) is 0 Å². The standard InChI is InChI=1S/C17H18BrN3O/c1-12(2)9-21-10-16(19-20-21)11-22-17-6-4-13-7-15(18)5-3-14(13)8-17/h3-8,10,12H,9,11H2,1-2H3. The van der Waals surface area contributed by atoms with E-state index in [0.29, 0.717) is 12.5 Å². The Hall–Kier alpha value is -1.88. The van der Waals surface area contributed by atoms with Gasteiger partial charge in [-0.2, -0.15) is 0 Å². The molecular formula is C17H18BrN3O. The first kappa shape index (κ1) is 15.0. The van der Waals surface area contributed by atoms with Crippen LogP contribution in [0.25, 0.3) is 10.8 Å². The smallest absolute Gasteiger partial charge is 0.134 e. The molecule has 1 heterocycles. The first-order chi connectivity index (χ1) is 10.6. The van der Waals surface area contributed by atoms with Crippen molar-refractivity contribution in [1.29, 1.82) is 0 Å². The molecule has 0 saturated heterocycles. The van der Waals surface area contributed by atoms with E-state index in [1.807, 2.05) is 29.1 Å². The summed E-state index contributed by atoms with van der Waals surface area (Å²) in [6.07, 6.45) is 1.94. The van der Waals surface area contributed by atoms with Crippen molar-refractivity contribution in [2.24, 2.45) is 5.92 Å². The number of benzene rings is 2. The Balaban J connectivity index is 1.68. The lowest BCUT2D eigenvalue weighted by Gasteiger charge is -2.06. The number of aromatic nitrogens is 3. The molecule has 0 radical (unpaired) electrons. The van der Waals surface area contributed by atoms with Gasteiger partial charge in [-0.1, -0.05) is 47.1 Å². The molecule has 0 unspecified atom stereocenters. The topological polar surface area (TPSA) is 39.9 Å². The maximum atomic E-state index is 5.82. The van der Waals surface area contributed by atoms with E-state index in [1.165, 1.54) is 5.39 Å². The van der Waals surface area contributed by atoms with Crippen LogP contribution >= 0.6 is 15.9 Å². The lowest BCUT2D eigenvalue weighted by molar-refractivity contribution is 0.301. The van der Waals surface area contributed by atoms with Crippen molar-refractivity contribution < 1.29 is 4.74 Å². The molecule has 4 nitrogen and oxygen atoms in total. The van der Waals surface area contributed by atoms with Gasteiger partial charge >= 0.3 is 0 Å². The van der Waals surface area contributed by atoms with E-state index < -0.39 is 0 Å². The summed E-state index contributed by atoms with van der Waals surface area (Å²) in [5.41, 5.74) is 0.844. The monoisotopic (exact) mass is 359 g/mol. The highest BCUT2D eigenvalue weighted by atomic mass is 79.9. The van der Waals surface area contributed by atoms with Gasteiger partial charge in [-0.3, -0.25) is 4.68 Å². The van der Waals surface area contributed by atoms with Crippen LogP contribution in [-0.2, 0) is 13.2 Å². The summed E-state index contributed by atoms with van der Waals surface area (Å²) in [6.45, 7) is 5.62. The minimum Gasteiger partial charge on any atom is -0.487 e. The molecule has 0 bridgehead atoms. The van der Waals surface area contributed by atoms with E-state index in [2.05, 4.69) is 58.3 Å². The summed E-state index contributed by atoms with van der Waals surface area (Å²) in [6, 6.07) is 12.3. The fourth-order valence-electron chi connectivity index (χ4n) is 2.31. The molecule has 3 rings (SSSR count). The molecule has 0 atom stereocenters. The predicted molar refractivity (Wildman–Crippen MR) is 90.8 cm³/mol. The molecule has 0 saturated carbocycles. The molecule has 2 aromatic carbocycles. The van der Waals surface area contributed by atoms with Crippen LogP contribution in [0.15, 0.2) is 47.1 Å². The highest BCUT2D eigenvalue weighted by molar-refractivity contribution is 9.10. The molecule has 0 aliphatic rings. The number of nitrogens with zero attached hydrogens (tertiary/aromatic N) is 3. The maximum Gasteiger partial charge on any atom is 0.134 e. The molecule has 22 heavy (non-hydrogen) atoms. The first-order valence-electron chi connectivity index (χ1n) is 7.31. The van der Waals surface area contributed by atoms with E-state index in [-0.39, 0.29) is 0 Å². The number of hydrogen-bond donors (Lipinski definition) is 0. The molecule has 0 spiro atoms. The fraction of sp³-hybridized carbons (Fsp3) is 0.294. The normalized spacial score (nSPS) is 11.3. The van der Waals surface area contributed by atoms with Crippen molar-refractivity contribution in [1.82, 2.24) is 15.0 Å². The minimum atomic E-state index is 0.431. The van der Waals surface area contributed by atoms with Gasteiger partial charge in [0.1, 0.15) is 18.1 Å². The first-order valence-corrected chi connectivity index (χ1v) is 8.10. The van der Waals surface area contributed by atoms with Gasteiger partial charge in [0, 0.05) is 11.0 Å². The Morgan fingerprint density at radius 1 is 1.14 bits per heavy atom. The zero-order valence-electron chi connectivity index (χ0n) is 12.7. The fourth-order valence-corrected chi connectivity index (χ4v) is 2.69. The van der Waals surface area contributed by atoms with Crippen LogP contribution in [0.5, 0.6) is 5.75 Å². The molecular weight excluding hydrogens is 342 g/mol. The zero-order valence-corrected chi connectivity index (χ0v) is 14.2. The quantitative estimate of drug-likeness (QED) is 0.676. The van der Waals surface area contributed by atoms with Crippen molar-refractivity contribution in [2.75, 3.05) is 0 Å². The van der Waals surface area contributed by atoms with Gasteiger partial charge in [-0.15, -0.1) is 5.10 Å². The highest BCUT2D eigenvalue weighted by Gasteiger charge is 2.04. The molecule has 3 aromatic rings. The second-order valence-corrected chi connectivity index (χ2v) is 6.68. The van der Waals surface area contributed by atoms with Crippen molar-refractivity contribution in [3.8, 4) is 5.75 Å². The second kappa shape index (κ2) is 6.48. The SMILES string of the molecule is CC(C)Cn1cc(COc2ccc3cc(Br)ccc3c2)nn1. The summed E-state index contributed by atoms with van der Waals surface area (Å²) >= 11 is 3.48. The largest absolute Gasteiger partial charge is 0.487 e. The lowest BCUT2D eigenvalue weighted by atomic mass is 10.1. The van der Waals surface area contributed by atoms with Crippen LogP contribution in [0, 0.1) is 5.92 Å². The van der Waals surface area contributed by atoms with Crippen molar-refractivity contribution in [2.45, 2.75) is 27.0 Å². The van der Waals surface area contributed by atoms with E-state index in [4.69, 9.17) is 4.74 Å². The molecule has 1 aromatic heterocycles. The van der Waals surface area contributed by atoms with E-state index in [1.54, 1.807) is 0 Å². The van der Waals surface area contributed by atoms with Crippen LogP contribution in [0.4, 0.5) is 0 Å². The van der Waals surface area contributed by atoms with E-state index in [9.17, 15) is 0 Å². The molecule has 0 aliphatic carbocycles. The van der Waals surface area contributed by atoms with Crippen molar-refractivity contribution >= 4 is 26.7 Å². The van der Waals surface area contributed by atoms with Crippen molar-refractivity contribution in [3.63, 3.8) is 0 Å². The number of hydrogen-bond acceptors (Lipinski definition) is 3. The zero-order chi connectivity index (χ0) is 15.5. The molecule has 5 heteroatoms. The predicted octanol–water partition coefficient (Wildman–Crippen LogP) is 4.43. The number of fused-ring (bicyclic) bond motifs is 1. The summed E-state index contributed by atoms with van der Waals surface area (Å²) in [7, 11) is 0. The number of rotatable bonds is 5. The van der Waals surface area contributed by atoms with Crippen LogP contribution < -0.4 is 4.74 Å². The third kappa shape index (κ3) is 3.65. The van der Waals surface area contributed by atoms with Gasteiger partial charge < -0.3 is 4.74 Å². The van der Waals surface area contributed by atoms with Crippen LogP contribution in [0.2, 0.25) is 0 Å². The number of halogens is 1. The Labute approximate surface area is 138 Å². The lowest BCUT2D eigenvalue weighted by Crippen LogP contribution is -2.04. The minimum absolute atomic E-state index is 0.431. The summed E-state index contributed by atoms with van der Waals surface area (Å²) in [5.74, 6) is 1.39. The third-order valence-corrected chi connectivity index (χ3v) is 3.79. The van der Waals surface area contributed by atoms with Crippen LogP contribution in [0.1, 0.15) is 19.5 Å². The number of ether oxygens (including phenoxy) is 1. The van der Waals surface area contributed by atoms with Gasteiger partial charge in [-0.05, 0) is 41.0 Å². The maximum absolute atomic E-state index is 5.82. The molecule has 0 N–H and O–H groups in total. The van der Waals surface area contributed by atoms with Gasteiger partial charge in [0.25, 0.3) is 0 Å². The highest BCUT2D eigenvalue weighted by Crippen LogP contribution is 2.24. The molecule has 0 fully saturated rings. The average molecular weight is 360 g/mol. The Morgan fingerprint density at radius 3 is 2.73 bits per heavy atom. The van der Waals surface area contributed by atoms with Gasteiger partial charge in [0.15, 0.2) is 0 Å². The third-order valence-electron chi connectivity index (χ3n) is 3.30. The molecule has 0 aliphatic heterocycles. The van der Waals surface area contributed by atoms with E-state index in [0.717, 1.165) is 27.8 Å². The Kier molecular flexibility index (Phi) is 4.43.